The first-order valence-electron chi connectivity index (χ1n) is 7.08. The highest BCUT2D eigenvalue weighted by Gasteiger charge is 2.24. The summed E-state index contributed by atoms with van der Waals surface area (Å²) in [6.07, 6.45) is 1.26. The monoisotopic (exact) mass is 331 g/mol. The van der Waals surface area contributed by atoms with Crippen LogP contribution in [0.5, 0.6) is 0 Å². The van der Waals surface area contributed by atoms with E-state index >= 15 is 0 Å². The zero-order valence-electron chi connectivity index (χ0n) is 12.7. The largest absolute Gasteiger partial charge is 0.354 e. The third-order valence-electron chi connectivity index (χ3n) is 3.67. The maximum absolute atomic E-state index is 11.5. The van der Waals surface area contributed by atoms with Crippen LogP contribution in [0.25, 0.3) is 0 Å². The lowest BCUT2D eigenvalue weighted by Crippen LogP contribution is -2.48. The van der Waals surface area contributed by atoms with Gasteiger partial charge in [0.15, 0.2) is 0 Å². The summed E-state index contributed by atoms with van der Waals surface area (Å²) in [5.74, 6) is 1.69. The number of piperazine rings is 1. The van der Waals surface area contributed by atoms with Crippen LogP contribution in [-0.2, 0) is 15.9 Å². The molecule has 1 aliphatic rings. The van der Waals surface area contributed by atoms with Crippen LogP contribution in [0.3, 0.4) is 0 Å². The molecule has 0 aliphatic carbocycles. The number of alkyl halides is 1. The van der Waals surface area contributed by atoms with Gasteiger partial charge in [-0.15, -0.1) is 11.6 Å². The van der Waals surface area contributed by atoms with Gasteiger partial charge in [-0.05, 0) is 23.6 Å². The van der Waals surface area contributed by atoms with E-state index in [0.29, 0.717) is 38.0 Å². The van der Waals surface area contributed by atoms with Crippen LogP contribution >= 0.6 is 11.6 Å². The van der Waals surface area contributed by atoms with Gasteiger partial charge in [0, 0.05) is 37.8 Å². The number of hydrogen-bond acceptors (Lipinski definition) is 4. The van der Waals surface area contributed by atoms with Crippen LogP contribution in [-0.4, -0.2) is 50.1 Å². The van der Waals surface area contributed by atoms with Crippen LogP contribution in [0.15, 0.2) is 12.1 Å². The molecular formula is C14H22ClN3O2S. The Kier molecular flexibility index (Phi) is 5.11. The Hall–Kier alpha value is -0.850. The fourth-order valence-electron chi connectivity index (χ4n) is 2.38. The van der Waals surface area contributed by atoms with E-state index in [2.05, 4.69) is 18.7 Å². The topological polar surface area (TPSA) is 53.5 Å². The molecule has 0 saturated carbocycles. The van der Waals surface area contributed by atoms with Crippen molar-refractivity contribution in [3.63, 3.8) is 0 Å². The molecule has 0 N–H and O–H groups in total. The fraction of sp³-hybridized carbons (Fsp3) is 0.643. The van der Waals surface area contributed by atoms with Crippen LogP contribution in [0.4, 0.5) is 5.82 Å². The number of hydrogen-bond donors (Lipinski definition) is 0. The molecule has 0 aromatic carbocycles. The van der Waals surface area contributed by atoms with E-state index in [9.17, 15) is 8.42 Å². The molecule has 1 aromatic rings. The van der Waals surface area contributed by atoms with E-state index in [0.717, 1.165) is 17.1 Å². The van der Waals surface area contributed by atoms with Gasteiger partial charge in [-0.2, -0.15) is 4.31 Å². The minimum absolute atomic E-state index is 0.337. The van der Waals surface area contributed by atoms with Gasteiger partial charge in [0.05, 0.1) is 6.26 Å². The van der Waals surface area contributed by atoms with Crippen molar-refractivity contribution in [3.05, 3.63) is 23.4 Å². The van der Waals surface area contributed by atoms with Crippen molar-refractivity contribution in [1.29, 1.82) is 0 Å². The van der Waals surface area contributed by atoms with Gasteiger partial charge < -0.3 is 4.90 Å². The zero-order chi connectivity index (χ0) is 15.6. The second-order valence-electron chi connectivity index (χ2n) is 5.70. The third kappa shape index (κ3) is 4.08. The molecule has 0 radical (unpaired) electrons. The lowest BCUT2D eigenvalue weighted by atomic mass is 10.1. The van der Waals surface area contributed by atoms with E-state index < -0.39 is 10.0 Å². The standard InChI is InChI=1S/C14H22ClN3O2S/c1-11(2)13-8-12(10-15)9-14(16-13)17-4-6-18(7-5-17)21(3,19)20/h8-9,11H,4-7,10H2,1-3H3. The highest BCUT2D eigenvalue weighted by molar-refractivity contribution is 7.88. The van der Waals surface area contributed by atoms with E-state index in [1.807, 2.05) is 12.1 Å². The van der Waals surface area contributed by atoms with Gasteiger partial charge in [-0.1, -0.05) is 13.8 Å². The highest BCUT2D eigenvalue weighted by atomic mass is 35.5. The summed E-state index contributed by atoms with van der Waals surface area (Å²) in [5, 5.41) is 0. The van der Waals surface area contributed by atoms with Crippen LogP contribution < -0.4 is 4.90 Å². The van der Waals surface area contributed by atoms with Gasteiger partial charge in [0.25, 0.3) is 0 Å². The average Bonchev–Trinajstić information content (AvgIpc) is 2.46. The Morgan fingerprint density at radius 1 is 1.24 bits per heavy atom. The van der Waals surface area contributed by atoms with E-state index in [-0.39, 0.29) is 0 Å². The molecule has 2 heterocycles. The molecule has 0 unspecified atom stereocenters. The van der Waals surface area contributed by atoms with Crippen molar-refractivity contribution in [3.8, 4) is 0 Å². The molecule has 0 bridgehead atoms. The summed E-state index contributed by atoms with van der Waals surface area (Å²) in [7, 11) is -3.10. The van der Waals surface area contributed by atoms with Crippen LogP contribution in [0.2, 0.25) is 0 Å². The molecule has 1 aliphatic heterocycles. The number of pyridine rings is 1. The van der Waals surface area contributed by atoms with Crippen LogP contribution in [0.1, 0.15) is 31.0 Å². The summed E-state index contributed by atoms with van der Waals surface area (Å²) in [6.45, 7) is 6.52. The highest BCUT2D eigenvalue weighted by Crippen LogP contribution is 2.22. The Bertz CT molecular complexity index is 596. The smallest absolute Gasteiger partial charge is 0.211 e. The molecule has 1 saturated heterocycles. The van der Waals surface area contributed by atoms with Gasteiger partial charge in [0.1, 0.15) is 5.82 Å². The molecule has 5 nitrogen and oxygen atoms in total. The molecule has 0 amide bonds. The fourth-order valence-corrected chi connectivity index (χ4v) is 3.36. The third-order valence-corrected chi connectivity index (χ3v) is 5.28. The Morgan fingerprint density at radius 3 is 2.33 bits per heavy atom. The first kappa shape index (κ1) is 16.5. The second kappa shape index (κ2) is 6.50. The first-order chi connectivity index (χ1) is 9.81. The lowest BCUT2D eigenvalue weighted by molar-refractivity contribution is 0.387. The predicted octanol–water partition coefficient (Wildman–Crippen LogP) is 2.03. The van der Waals surface area contributed by atoms with Crippen LogP contribution in [0, 0.1) is 0 Å². The first-order valence-corrected chi connectivity index (χ1v) is 9.46. The molecule has 118 valence electrons. The molecule has 1 fully saturated rings. The summed E-state index contributed by atoms with van der Waals surface area (Å²) in [5.41, 5.74) is 2.07. The predicted molar refractivity (Wildman–Crippen MR) is 86.5 cm³/mol. The number of nitrogens with zero attached hydrogens (tertiary/aromatic N) is 3. The van der Waals surface area contributed by atoms with Crippen molar-refractivity contribution in [2.24, 2.45) is 0 Å². The summed E-state index contributed by atoms with van der Waals surface area (Å²) < 4.78 is 24.6. The number of rotatable bonds is 4. The van der Waals surface area contributed by atoms with Crippen molar-refractivity contribution < 1.29 is 8.42 Å². The lowest BCUT2D eigenvalue weighted by Gasteiger charge is -2.34. The summed E-state index contributed by atoms with van der Waals surface area (Å²) in [4.78, 5) is 6.82. The maximum atomic E-state index is 11.5. The molecular weight excluding hydrogens is 310 g/mol. The normalized spacial score (nSPS) is 17.5. The number of anilines is 1. The van der Waals surface area contributed by atoms with Crippen molar-refractivity contribution in [1.82, 2.24) is 9.29 Å². The SMILES string of the molecule is CC(C)c1cc(CCl)cc(N2CCN(S(C)(=O)=O)CC2)n1. The molecule has 0 atom stereocenters. The minimum Gasteiger partial charge on any atom is -0.354 e. The van der Waals surface area contributed by atoms with E-state index in [4.69, 9.17) is 16.6 Å². The zero-order valence-corrected chi connectivity index (χ0v) is 14.3. The Labute approximate surface area is 132 Å². The minimum atomic E-state index is -3.10. The number of aromatic nitrogens is 1. The Balaban J connectivity index is 2.18. The van der Waals surface area contributed by atoms with Gasteiger partial charge in [0.2, 0.25) is 10.0 Å². The van der Waals surface area contributed by atoms with Gasteiger partial charge in [-0.3, -0.25) is 0 Å². The van der Waals surface area contributed by atoms with E-state index in [1.165, 1.54) is 10.6 Å². The number of halogens is 1. The Morgan fingerprint density at radius 2 is 1.86 bits per heavy atom. The number of sulfonamides is 1. The van der Waals surface area contributed by atoms with Gasteiger partial charge in [-0.25, -0.2) is 13.4 Å². The second-order valence-corrected chi connectivity index (χ2v) is 7.95. The molecule has 7 heteroatoms. The average molecular weight is 332 g/mol. The molecule has 1 aromatic heterocycles. The molecule has 2 rings (SSSR count). The maximum Gasteiger partial charge on any atom is 0.211 e. The van der Waals surface area contributed by atoms with E-state index in [1.54, 1.807) is 0 Å². The van der Waals surface area contributed by atoms with Gasteiger partial charge >= 0.3 is 0 Å². The quantitative estimate of drug-likeness (QED) is 0.792. The van der Waals surface area contributed by atoms with Crippen molar-refractivity contribution in [2.45, 2.75) is 25.6 Å². The molecule has 0 spiro atoms. The summed E-state index contributed by atoms with van der Waals surface area (Å²) in [6, 6.07) is 4.03. The summed E-state index contributed by atoms with van der Waals surface area (Å²) >= 11 is 5.96. The molecule has 21 heavy (non-hydrogen) atoms. The van der Waals surface area contributed by atoms with Crippen molar-refractivity contribution >= 4 is 27.4 Å². The van der Waals surface area contributed by atoms with Crippen molar-refractivity contribution in [2.75, 3.05) is 37.3 Å².